The third-order valence-corrected chi connectivity index (χ3v) is 7.37. The smallest absolute Gasteiger partial charge is 0.410 e. The molecule has 0 radical (unpaired) electrons. The lowest BCUT2D eigenvalue weighted by molar-refractivity contribution is -0.00736. The molecule has 2 aliphatic heterocycles. The fourth-order valence-corrected chi connectivity index (χ4v) is 5.34. The number of anilines is 2. The van der Waals surface area contributed by atoms with Crippen LogP contribution in [0.5, 0.6) is 11.5 Å². The lowest BCUT2D eigenvalue weighted by Crippen LogP contribution is -2.50. The molecule has 2 aliphatic rings. The summed E-state index contributed by atoms with van der Waals surface area (Å²) in [6.45, 7) is 5.57. The van der Waals surface area contributed by atoms with Crippen molar-refractivity contribution in [2.24, 2.45) is 0 Å². The van der Waals surface area contributed by atoms with Gasteiger partial charge in [-0.2, -0.15) is 0 Å². The predicted molar refractivity (Wildman–Crippen MR) is 139 cm³/mol. The van der Waals surface area contributed by atoms with Gasteiger partial charge in [-0.1, -0.05) is 23.2 Å². The number of ether oxygens (including phenoxy) is 2. The lowest BCUT2D eigenvalue weighted by Gasteiger charge is -2.39. The quantitative estimate of drug-likeness (QED) is 0.344. The number of hydrogen-bond acceptors (Lipinski definition) is 7. The first kappa shape index (κ1) is 25.6. The van der Waals surface area contributed by atoms with Gasteiger partial charge < -0.3 is 24.8 Å². The van der Waals surface area contributed by atoms with Crippen molar-refractivity contribution in [1.82, 2.24) is 14.9 Å². The van der Waals surface area contributed by atoms with E-state index >= 15 is 0 Å². The minimum absolute atomic E-state index is 0.0133. The molecule has 0 saturated carbocycles. The van der Waals surface area contributed by atoms with Gasteiger partial charge in [0.15, 0.2) is 17.3 Å². The van der Waals surface area contributed by atoms with Gasteiger partial charge in [-0.15, -0.1) is 0 Å². The molecule has 2 aromatic carbocycles. The van der Waals surface area contributed by atoms with E-state index in [2.05, 4.69) is 15.3 Å². The second-order valence-electron chi connectivity index (χ2n) is 10.4. The largest absolute Gasteiger partial charge is 0.504 e. The molecule has 3 heterocycles. The van der Waals surface area contributed by atoms with Crippen molar-refractivity contribution in [2.75, 3.05) is 5.32 Å². The molecule has 1 amide bonds. The highest BCUT2D eigenvalue weighted by Crippen LogP contribution is 2.41. The molecule has 1 aromatic heterocycles. The van der Waals surface area contributed by atoms with Crippen molar-refractivity contribution in [3.63, 3.8) is 0 Å². The first-order valence-electron chi connectivity index (χ1n) is 12.1. The number of aromatic hydroxyl groups is 1. The van der Waals surface area contributed by atoms with E-state index in [4.69, 9.17) is 32.7 Å². The summed E-state index contributed by atoms with van der Waals surface area (Å²) in [6, 6.07) is 6.08. The Morgan fingerprint density at radius 2 is 1.86 bits per heavy atom. The Hall–Kier alpha value is -3.04. The Morgan fingerprint density at radius 1 is 1.16 bits per heavy atom. The van der Waals surface area contributed by atoms with Crippen molar-refractivity contribution in [3.05, 3.63) is 46.5 Å². The first-order chi connectivity index (χ1) is 17.5. The molecule has 2 bridgehead atoms. The molecule has 196 valence electrons. The molecular formula is C26H27Cl2FN4O4. The Labute approximate surface area is 223 Å². The van der Waals surface area contributed by atoms with Crippen LogP contribution in [0.2, 0.25) is 10.0 Å². The van der Waals surface area contributed by atoms with E-state index in [1.54, 1.807) is 6.07 Å². The van der Waals surface area contributed by atoms with E-state index in [1.807, 2.05) is 25.7 Å². The van der Waals surface area contributed by atoms with Crippen molar-refractivity contribution in [1.29, 1.82) is 0 Å². The van der Waals surface area contributed by atoms with Gasteiger partial charge in [0, 0.05) is 36.4 Å². The first-order valence-corrected chi connectivity index (χ1v) is 12.8. The molecule has 0 spiro atoms. The highest BCUT2D eigenvalue weighted by Gasteiger charge is 2.45. The maximum atomic E-state index is 14.6. The van der Waals surface area contributed by atoms with E-state index in [9.17, 15) is 14.3 Å². The molecule has 3 aromatic rings. The van der Waals surface area contributed by atoms with Gasteiger partial charge in [-0.25, -0.2) is 19.2 Å². The maximum absolute atomic E-state index is 14.6. The Bertz CT molecular complexity index is 1350. The molecule has 8 nitrogen and oxygen atoms in total. The van der Waals surface area contributed by atoms with Crippen LogP contribution in [0.4, 0.5) is 20.7 Å². The van der Waals surface area contributed by atoms with Crippen LogP contribution in [0, 0.1) is 5.82 Å². The molecule has 2 fully saturated rings. The van der Waals surface area contributed by atoms with E-state index in [-0.39, 0.29) is 51.5 Å². The number of fused-ring (bicyclic) bond motifs is 3. The number of piperidine rings is 1. The molecule has 0 aliphatic carbocycles. The summed E-state index contributed by atoms with van der Waals surface area (Å²) in [6.07, 6.45) is 3.82. The summed E-state index contributed by atoms with van der Waals surface area (Å²) < 4.78 is 26.5. The maximum Gasteiger partial charge on any atom is 0.410 e. The number of nitrogens with one attached hydrogen (secondary N) is 1. The van der Waals surface area contributed by atoms with Crippen molar-refractivity contribution in [2.45, 2.75) is 70.2 Å². The predicted octanol–water partition coefficient (Wildman–Crippen LogP) is 6.83. The molecule has 2 saturated heterocycles. The Morgan fingerprint density at radius 3 is 2.54 bits per heavy atom. The molecule has 11 heteroatoms. The van der Waals surface area contributed by atoms with E-state index in [0.29, 0.717) is 29.6 Å². The van der Waals surface area contributed by atoms with Crippen LogP contribution in [0.15, 0.2) is 30.6 Å². The zero-order valence-corrected chi connectivity index (χ0v) is 22.1. The van der Waals surface area contributed by atoms with Gasteiger partial charge in [-0.05, 0) is 51.8 Å². The zero-order valence-electron chi connectivity index (χ0n) is 20.6. The number of amides is 1. The number of rotatable bonds is 4. The number of phenols is 1. The third kappa shape index (κ3) is 5.20. The molecule has 1 unspecified atom stereocenters. The highest BCUT2D eigenvalue weighted by atomic mass is 35.5. The van der Waals surface area contributed by atoms with E-state index in [0.717, 1.165) is 12.8 Å². The normalized spacial score (nSPS) is 21.2. The third-order valence-electron chi connectivity index (χ3n) is 6.59. The number of aromatic nitrogens is 2. The van der Waals surface area contributed by atoms with Crippen LogP contribution < -0.4 is 10.1 Å². The van der Waals surface area contributed by atoms with Gasteiger partial charge in [0.25, 0.3) is 0 Å². The van der Waals surface area contributed by atoms with E-state index in [1.165, 1.54) is 24.5 Å². The number of phenolic OH excluding ortho intramolecular Hbond substituents is 1. The van der Waals surface area contributed by atoms with Gasteiger partial charge in [-0.3, -0.25) is 0 Å². The number of carbonyl (C=O) groups excluding carboxylic acids is 1. The van der Waals surface area contributed by atoms with Gasteiger partial charge >= 0.3 is 6.09 Å². The van der Waals surface area contributed by atoms with Gasteiger partial charge in [0.2, 0.25) is 0 Å². The monoisotopic (exact) mass is 548 g/mol. The van der Waals surface area contributed by atoms with Crippen molar-refractivity contribution >= 4 is 51.7 Å². The number of benzene rings is 2. The van der Waals surface area contributed by atoms with Crippen LogP contribution in [0.3, 0.4) is 0 Å². The van der Waals surface area contributed by atoms with E-state index < -0.39 is 11.4 Å². The van der Waals surface area contributed by atoms with Crippen molar-refractivity contribution < 1.29 is 23.8 Å². The molecule has 2 N–H and O–H groups in total. The number of hydrogen-bond donors (Lipinski definition) is 2. The Kier molecular flexibility index (Phi) is 6.70. The van der Waals surface area contributed by atoms with Crippen LogP contribution >= 0.6 is 23.2 Å². The number of nitrogens with zero attached hydrogens (tertiary/aromatic N) is 3. The second-order valence-corrected chi connectivity index (χ2v) is 11.2. The second kappa shape index (κ2) is 9.68. The van der Waals surface area contributed by atoms with Crippen LogP contribution in [0.25, 0.3) is 10.9 Å². The number of carbonyl (C=O) groups is 1. The topological polar surface area (TPSA) is 96.8 Å². The molecule has 3 atom stereocenters. The van der Waals surface area contributed by atoms with Crippen LogP contribution in [0.1, 0.15) is 46.5 Å². The van der Waals surface area contributed by atoms with Crippen molar-refractivity contribution in [3.8, 4) is 11.5 Å². The average Bonchev–Trinajstić information content (AvgIpc) is 3.10. The minimum Gasteiger partial charge on any atom is -0.504 e. The van der Waals surface area contributed by atoms with Gasteiger partial charge in [0.05, 0.1) is 21.2 Å². The summed E-state index contributed by atoms with van der Waals surface area (Å²) in [5.41, 5.74) is -0.0203. The molecular weight excluding hydrogens is 522 g/mol. The minimum atomic E-state index is -0.705. The lowest BCUT2D eigenvalue weighted by atomic mass is 10.00. The Balaban J connectivity index is 1.37. The molecule has 5 rings (SSSR count). The summed E-state index contributed by atoms with van der Waals surface area (Å²) >= 11 is 11.8. The SMILES string of the molecule is CC(C)(C)OC(=O)N1C2CC[C@@H]1C[C@@H](Oc1cc3c(Nc4ccc(Cl)c(Cl)c4F)ncnc3cc1O)C2. The van der Waals surface area contributed by atoms with Crippen LogP contribution in [-0.4, -0.2) is 49.9 Å². The zero-order chi connectivity index (χ0) is 26.5. The summed E-state index contributed by atoms with van der Waals surface area (Å²) in [7, 11) is 0. The fourth-order valence-electron chi connectivity index (χ4n) is 5.03. The summed E-state index contributed by atoms with van der Waals surface area (Å²) in [4.78, 5) is 23.0. The fraction of sp³-hybridized carbons (Fsp3) is 0.423. The average molecular weight is 549 g/mol. The highest BCUT2D eigenvalue weighted by molar-refractivity contribution is 6.42. The van der Waals surface area contributed by atoms with Gasteiger partial charge in [0.1, 0.15) is 23.9 Å². The molecule has 37 heavy (non-hydrogen) atoms. The van der Waals surface area contributed by atoms with Crippen LogP contribution in [-0.2, 0) is 4.74 Å². The number of halogens is 3. The summed E-state index contributed by atoms with van der Waals surface area (Å²) in [5.74, 6) is -0.203. The standard InChI is InChI=1S/C26H27Cl2FN4O4/c1-26(2,3)37-25(35)33-13-4-5-14(33)9-15(8-13)36-21-10-16-19(11-20(21)34)30-12-31-24(16)32-18-7-6-17(27)22(28)23(18)29/h6-7,10-15,34H,4-5,8-9H2,1-3H3,(H,30,31,32)/t13-,14?,15-/m1/s1. The summed E-state index contributed by atoms with van der Waals surface area (Å²) in [5, 5.41) is 14.0.